The van der Waals surface area contributed by atoms with Gasteiger partial charge in [0, 0.05) is 17.8 Å². The van der Waals surface area contributed by atoms with E-state index in [1.165, 1.54) is 5.69 Å². The van der Waals surface area contributed by atoms with E-state index >= 15 is 0 Å². The van der Waals surface area contributed by atoms with E-state index in [-0.39, 0.29) is 6.17 Å². The Morgan fingerprint density at radius 1 is 1.12 bits per heavy atom. The van der Waals surface area contributed by atoms with Gasteiger partial charge >= 0.3 is 0 Å². The first-order valence-corrected chi connectivity index (χ1v) is 5.39. The lowest BCUT2D eigenvalue weighted by molar-refractivity contribution is 0.669. The van der Waals surface area contributed by atoms with E-state index in [4.69, 9.17) is 0 Å². The quantitative estimate of drug-likeness (QED) is 0.713. The van der Waals surface area contributed by atoms with Crippen molar-refractivity contribution in [1.29, 1.82) is 0 Å². The van der Waals surface area contributed by atoms with Crippen LogP contribution >= 0.6 is 0 Å². The van der Waals surface area contributed by atoms with Crippen LogP contribution in [-0.4, -0.2) is 6.17 Å². The van der Waals surface area contributed by atoms with Gasteiger partial charge in [-0.25, -0.2) is 0 Å². The summed E-state index contributed by atoms with van der Waals surface area (Å²) >= 11 is 0. The summed E-state index contributed by atoms with van der Waals surface area (Å²) < 4.78 is 0. The number of allylic oxidation sites excluding steroid dienone is 2. The van der Waals surface area contributed by atoms with Crippen LogP contribution in [0, 0.1) is 0 Å². The molecule has 16 heavy (non-hydrogen) atoms. The molecule has 0 amide bonds. The van der Waals surface area contributed by atoms with E-state index in [0.29, 0.717) is 0 Å². The summed E-state index contributed by atoms with van der Waals surface area (Å²) in [6, 6.07) is 10.4. The molecule has 0 fully saturated rings. The second-order valence-corrected chi connectivity index (χ2v) is 3.90. The van der Waals surface area contributed by atoms with E-state index in [0.717, 1.165) is 11.4 Å². The third kappa shape index (κ3) is 1.30. The lowest BCUT2D eigenvalue weighted by Crippen LogP contribution is -2.34. The first-order valence-electron chi connectivity index (χ1n) is 5.39. The van der Waals surface area contributed by atoms with Crippen molar-refractivity contribution in [3.63, 3.8) is 0 Å². The average molecular weight is 208 g/mol. The van der Waals surface area contributed by atoms with Crippen molar-refractivity contribution in [2.75, 3.05) is 4.90 Å². The molecule has 1 aromatic rings. The molecule has 1 aliphatic heterocycles. The molecule has 1 aromatic carbocycles. The molecule has 1 aliphatic carbocycles. The van der Waals surface area contributed by atoms with Gasteiger partial charge in [-0.15, -0.1) is 0 Å². The van der Waals surface area contributed by atoms with Crippen LogP contribution in [0.5, 0.6) is 0 Å². The molecule has 2 heteroatoms. The zero-order valence-electron chi connectivity index (χ0n) is 9.07. The summed E-state index contributed by atoms with van der Waals surface area (Å²) in [5, 5.41) is 3.42. The largest absolute Gasteiger partial charge is 0.363 e. The van der Waals surface area contributed by atoms with E-state index in [1.54, 1.807) is 0 Å². The minimum atomic E-state index is 0.265. The smallest absolute Gasteiger partial charge is 0.101 e. The molecule has 0 bridgehead atoms. The molecule has 3 rings (SSSR count). The number of nitrogens with zero attached hydrogens (tertiary/aromatic N) is 1. The molecular weight excluding hydrogens is 196 g/mol. The number of anilines is 1. The summed E-state index contributed by atoms with van der Waals surface area (Å²) in [5.41, 5.74) is 9.46. The summed E-state index contributed by atoms with van der Waals surface area (Å²) in [6.45, 7) is 2.15. The van der Waals surface area contributed by atoms with Crippen molar-refractivity contribution >= 4 is 5.69 Å². The zero-order chi connectivity index (χ0) is 11.0. The normalized spacial score (nSPS) is 21.3. The highest BCUT2D eigenvalue weighted by Gasteiger charge is 2.27. The Labute approximate surface area is 94.9 Å². The number of nitrogens with one attached hydrogen (secondary N) is 1. The van der Waals surface area contributed by atoms with Crippen molar-refractivity contribution in [2.24, 2.45) is 0 Å². The lowest BCUT2D eigenvalue weighted by Gasteiger charge is -2.25. The topological polar surface area (TPSA) is 15.3 Å². The number of hydrogen-bond donors (Lipinski definition) is 1. The molecule has 2 nitrogen and oxygen atoms in total. The maximum absolute atomic E-state index is 3.42. The maximum Gasteiger partial charge on any atom is 0.101 e. The highest BCUT2D eigenvalue weighted by Crippen LogP contribution is 2.29. The zero-order valence-corrected chi connectivity index (χ0v) is 9.07. The van der Waals surface area contributed by atoms with Crippen LogP contribution < -0.4 is 10.2 Å². The summed E-state index contributed by atoms with van der Waals surface area (Å²) in [4.78, 5) is 2.26. The van der Waals surface area contributed by atoms with Gasteiger partial charge in [0.1, 0.15) is 6.17 Å². The predicted molar refractivity (Wildman–Crippen MR) is 64.7 cm³/mol. The Morgan fingerprint density at radius 3 is 2.69 bits per heavy atom. The molecule has 0 saturated carbocycles. The van der Waals surface area contributed by atoms with Gasteiger partial charge in [-0.2, -0.15) is 0 Å². The summed E-state index contributed by atoms with van der Waals surface area (Å²) in [7, 11) is 0. The number of benzene rings is 1. The SMILES string of the molecule is CC1NC2=C(C=C=C=C2)N1c1ccccc1. The highest BCUT2D eigenvalue weighted by molar-refractivity contribution is 5.61. The molecule has 1 unspecified atom stereocenters. The second kappa shape index (κ2) is 3.46. The van der Waals surface area contributed by atoms with Crippen LogP contribution in [0.15, 0.2) is 65.3 Å². The van der Waals surface area contributed by atoms with Crippen LogP contribution in [0.25, 0.3) is 0 Å². The Kier molecular flexibility index (Phi) is 1.97. The molecule has 2 aliphatic rings. The van der Waals surface area contributed by atoms with Crippen LogP contribution in [0.3, 0.4) is 0 Å². The molecule has 0 saturated heterocycles. The van der Waals surface area contributed by atoms with E-state index in [9.17, 15) is 0 Å². The summed E-state index contributed by atoms with van der Waals surface area (Å²) in [6.07, 6.45) is 4.18. The Hall–Kier alpha value is -2.14. The minimum absolute atomic E-state index is 0.265. The maximum atomic E-state index is 3.42. The van der Waals surface area contributed by atoms with Crippen molar-refractivity contribution in [3.8, 4) is 0 Å². The van der Waals surface area contributed by atoms with Gasteiger partial charge in [0.2, 0.25) is 0 Å². The summed E-state index contributed by atoms with van der Waals surface area (Å²) in [5.74, 6) is 0. The van der Waals surface area contributed by atoms with Gasteiger partial charge in [-0.05, 0) is 19.1 Å². The van der Waals surface area contributed by atoms with Gasteiger partial charge in [-0.1, -0.05) is 29.7 Å². The fourth-order valence-electron chi connectivity index (χ4n) is 2.14. The van der Waals surface area contributed by atoms with Crippen LogP contribution in [0.2, 0.25) is 0 Å². The molecule has 0 radical (unpaired) electrons. The van der Waals surface area contributed by atoms with E-state index in [1.807, 2.05) is 18.2 Å². The lowest BCUT2D eigenvalue weighted by atomic mass is 10.2. The highest BCUT2D eigenvalue weighted by atomic mass is 15.3. The van der Waals surface area contributed by atoms with Crippen molar-refractivity contribution in [1.82, 2.24) is 5.32 Å². The fraction of sp³-hybridized carbons (Fsp3) is 0.143. The van der Waals surface area contributed by atoms with Gasteiger partial charge in [0.15, 0.2) is 0 Å². The van der Waals surface area contributed by atoms with Crippen molar-refractivity contribution in [2.45, 2.75) is 13.1 Å². The monoisotopic (exact) mass is 208 g/mol. The van der Waals surface area contributed by atoms with Crippen LogP contribution in [0.4, 0.5) is 5.69 Å². The predicted octanol–water partition coefficient (Wildman–Crippen LogP) is 2.53. The Morgan fingerprint density at radius 2 is 1.88 bits per heavy atom. The van der Waals surface area contributed by atoms with Gasteiger partial charge in [-0.3, -0.25) is 0 Å². The van der Waals surface area contributed by atoms with Crippen LogP contribution in [0.1, 0.15) is 6.92 Å². The molecule has 0 aromatic heterocycles. The number of para-hydroxylation sites is 1. The Bertz CT molecular complexity index is 541. The Balaban J connectivity index is 2.06. The molecule has 78 valence electrons. The van der Waals surface area contributed by atoms with Gasteiger partial charge in [0.25, 0.3) is 0 Å². The van der Waals surface area contributed by atoms with Crippen molar-refractivity contribution in [3.05, 3.63) is 65.3 Å². The van der Waals surface area contributed by atoms with Gasteiger partial charge < -0.3 is 10.2 Å². The standard InChI is InChI=1S/C14H12N2/c1-11-15-13-9-5-6-10-14(13)16(11)12-7-3-2-4-8-12/h2-4,7-11,15H,1H3. The molecular formula is C14H12N2. The fourth-order valence-corrected chi connectivity index (χ4v) is 2.14. The first kappa shape index (κ1) is 9.11. The average Bonchev–Trinajstić information content (AvgIpc) is 2.66. The molecule has 0 spiro atoms. The van der Waals surface area contributed by atoms with Crippen molar-refractivity contribution < 1.29 is 0 Å². The minimum Gasteiger partial charge on any atom is -0.363 e. The van der Waals surface area contributed by atoms with E-state index < -0.39 is 0 Å². The number of rotatable bonds is 1. The second-order valence-electron chi connectivity index (χ2n) is 3.90. The molecule has 1 N–H and O–H groups in total. The third-order valence-electron chi connectivity index (χ3n) is 2.83. The van der Waals surface area contributed by atoms with Crippen LogP contribution in [-0.2, 0) is 0 Å². The third-order valence-corrected chi connectivity index (χ3v) is 2.83. The first-order chi connectivity index (χ1) is 7.86. The van der Waals surface area contributed by atoms with Gasteiger partial charge in [0.05, 0.1) is 11.4 Å². The number of hydrogen-bond acceptors (Lipinski definition) is 2. The molecule has 1 heterocycles. The van der Waals surface area contributed by atoms with E-state index in [2.05, 4.69) is 52.9 Å². The molecule has 1 atom stereocenters.